The number of aromatic hydroxyl groups is 1. The molecule has 29 heavy (non-hydrogen) atoms. The van der Waals surface area contributed by atoms with Crippen LogP contribution in [0.15, 0.2) is 48.8 Å². The molecule has 0 radical (unpaired) electrons. The molecule has 0 bridgehead atoms. The van der Waals surface area contributed by atoms with Crippen LogP contribution in [0.4, 0.5) is 10.2 Å². The van der Waals surface area contributed by atoms with Gasteiger partial charge in [-0.3, -0.25) is 4.98 Å². The van der Waals surface area contributed by atoms with E-state index in [-0.39, 0.29) is 11.7 Å². The van der Waals surface area contributed by atoms with E-state index in [2.05, 4.69) is 9.97 Å². The molecule has 7 heteroatoms. The van der Waals surface area contributed by atoms with Crippen molar-refractivity contribution in [3.63, 3.8) is 0 Å². The summed E-state index contributed by atoms with van der Waals surface area (Å²) >= 11 is 0. The van der Waals surface area contributed by atoms with Crippen molar-refractivity contribution in [2.75, 3.05) is 25.9 Å². The predicted octanol–water partition coefficient (Wildman–Crippen LogP) is 3.19. The van der Waals surface area contributed by atoms with Crippen molar-refractivity contribution in [3.8, 4) is 16.9 Å². The molecule has 3 aromatic rings. The SMILES string of the molecule is CN1CC(F)C(c2[nH]c(N)c(/C=C(\N)c3ccccc3O)c2-c2ccncc2)C1. The number of anilines is 1. The molecule has 3 heterocycles. The Morgan fingerprint density at radius 1 is 1.24 bits per heavy atom. The Kier molecular flexibility index (Phi) is 4.98. The Morgan fingerprint density at radius 2 is 1.97 bits per heavy atom. The van der Waals surface area contributed by atoms with Crippen LogP contribution >= 0.6 is 0 Å². The number of aromatic nitrogens is 2. The molecular weight excluding hydrogens is 369 g/mol. The number of hydrogen-bond acceptors (Lipinski definition) is 5. The quantitative estimate of drug-likeness (QED) is 0.545. The van der Waals surface area contributed by atoms with Crippen LogP contribution in [0.1, 0.15) is 22.7 Å². The minimum Gasteiger partial charge on any atom is -0.507 e. The predicted molar refractivity (Wildman–Crippen MR) is 114 cm³/mol. The first kappa shape index (κ1) is 19.0. The van der Waals surface area contributed by atoms with Crippen LogP contribution in [0.5, 0.6) is 5.75 Å². The minimum atomic E-state index is -0.994. The molecule has 0 spiro atoms. The number of H-pyrrole nitrogens is 1. The van der Waals surface area contributed by atoms with E-state index in [0.29, 0.717) is 35.7 Å². The topological polar surface area (TPSA) is 104 Å². The fraction of sp³-hybridized carbons (Fsp3) is 0.227. The maximum Gasteiger partial charge on any atom is 0.124 e. The van der Waals surface area contributed by atoms with Crippen molar-refractivity contribution in [1.29, 1.82) is 0 Å². The molecule has 2 unspecified atom stereocenters. The van der Waals surface area contributed by atoms with E-state index in [9.17, 15) is 9.50 Å². The van der Waals surface area contributed by atoms with E-state index in [1.807, 2.05) is 24.1 Å². The van der Waals surface area contributed by atoms with Gasteiger partial charge in [-0.05, 0) is 43.0 Å². The summed E-state index contributed by atoms with van der Waals surface area (Å²) in [5, 5.41) is 10.1. The van der Waals surface area contributed by atoms with Gasteiger partial charge < -0.3 is 26.5 Å². The van der Waals surface area contributed by atoms with E-state index in [1.165, 1.54) is 0 Å². The van der Waals surface area contributed by atoms with Crippen LogP contribution in [0.2, 0.25) is 0 Å². The number of benzene rings is 1. The number of hydrogen-bond donors (Lipinski definition) is 4. The molecule has 1 aliphatic rings. The van der Waals surface area contributed by atoms with Gasteiger partial charge in [0.25, 0.3) is 0 Å². The van der Waals surface area contributed by atoms with Gasteiger partial charge in [0.1, 0.15) is 17.7 Å². The molecular formula is C22H24FN5O. The molecule has 1 saturated heterocycles. The lowest BCUT2D eigenvalue weighted by atomic mass is 9.93. The molecule has 2 aromatic heterocycles. The van der Waals surface area contributed by atoms with Gasteiger partial charge in [0.15, 0.2) is 0 Å². The van der Waals surface area contributed by atoms with Gasteiger partial charge in [0.2, 0.25) is 0 Å². The van der Waals surface area contributed by atoms with E-state index in [4.69, 9.17) is 11.5 Å². The third-order valence-corrected chi connectivity index (χ3v) is 5.38. The molecule has 0 amide bonds. The largest absolute Gasteiger partial charge is 0.507 e. The molecule has 1 aliphatic heterocycles. The van der Waals surface area contributed by atoms with Gasteiger partial charge in [-0.2, -0.15) is 0 Å². The van der Waals surface area contributed by atoms with Crippen molar-refractivity contribution >= 4 is 17.6 Å². The number of nitrogen functional groups attached to an aromatic ring is 1. The Hall–Kier alpha value is -3.32. The smallest absolute Gasteiger partial charge is 0.124 e. The summed E-state index contributed by atoms with van der Waals surface area (Å²) in [6, 6.07) is 10.6. The number of pyridine rings is 1. The highest BCUT2D eigenvalue weighted by Gasteiger charge is 2.36. The number of likely N-dealkylation sites (N-methyl/N-ethyl adjacent to an activating group) is 1. The van der Waals surface area contributed by atoms with Crippen LogP contribution in [0, 0.1) is 0 Å². The number of likely N-dealkylation sites (tertiary alicyclic amines) is 1. The van der Waals surface area contributed by atoms with Crippen molar-refractivity contribution in [2.45, 2.75) is 12.1 Å². The molecule has 2 atom stereocenters. The summed E-state index contributed by atoms with van der Waals surface area (Å²) in [4.78, 5) is 9.26. The number of phenols is 1. The number of nitrogens with two attached hydrogens (primary N) is 2. The monoisotopic (exact) mass is 393 g/mol. The molecule has 1 aromatic carbocycles. The van der Waals surface area contributed by atoms with Gasteiger partial charge in [-0.1, -0.05) is 12.1 Å². The summed E-state index contributed by atoms with van der Waals surface area (Å²) in [5.74, 6) is 0.174. The number of nitrogens with one attached hydrogen (secondary N) is 1. The lowest BCUT2D eigenvalue weighted by Gasteiger charge is -2.14. The normalized spacial score (nSPS) is 20.3. The van der Waals surface area contributed by atoms with Crippen LogP contribution in [0.25, 0.3) is 22.9 Å². The van der Waals surface area contributed by atoms with Crippen molar-refractivity contribution in [2.24, 2.45) is 5.73 Å². The van der Waals surface area contributed by atoms with Gasteiger partial charge in [-0.15, -0.1) is 0 Å². The summed E-state index contributed by atoms with van der Waals surface area (Å²) < 4.78 is 14.8. The molecule has 6 N–H and O–H groups in total. The van der Waals surface area contributed by atoms with E-state index in [1.54, 1.807) is 42.7 Å². The maximum atomic E-state index is 14.8. The summed E-state index contributed by atoms with van der Waals surface area (Å²) in [6.07, 6.45) is 4.11. The first-order valence-corrected chi connectivity index (χ1v) is 9.45. The number of para-hydroxylation sites is 1. The van der Waals surface area contributed by atoms with Gasteiger partial charge in [0.05, 0.1) is 0 Å². The second-order valence-electron chi connectivity index (χ2n) is 7.44. The first-order valence-electron chi connectivity index (χ1n) is 9.45. The van der Waals surface area contributed by atoms with Crippen molar-refractivity contribution < 1.29 is 9.50 Å². The number of aromatic amines is 1. The number of rotatable bonds is 4. The number of alkyl halides is 1. The van der Waals surface area contributed by atoms with Gasteiger partial charge >= 0.3 is 0 Å². The first-order chi connectivity index (χ1) is 14.0. The van der Waals surface area contributed by atoms with Crippen LogP contribution in [-0.4, -0.2) is 46.3 Å². The maximum absolute atomic E-state index is 14.8. The average Bonchev–Trinajstić information content (AvgIpc) is 3.21. The van der Waals surface area contributed by atoms with E-state index in [0.717, 1.165) is 16.8 Å². The van der Waals surface area contributed by atoms with E-state index >= 15 is 0 Å². The molecule has 150 valence electrons. The fourth-order valence-corrected chi connectivity index (χ4v) is 3.99. The highest BCUT2D eigenvalue weighted by atomic mass is 19.1. The third-order valence-electron chi connectivity index (χ3n) is 5.38. The molecule has 4 rings (SSSR count). The Balaban J connectivity index is 1.88. The van der Waals surface area contributed by atoms with Crippen LogP contribution < -0.4 is 11.5 Å². The summed E-state index contributed by atoms with van der Waals surface area (Å²) in [7, 11) is 1.90. The second-order valence-corrected chi connectivity index (χ2v) is 7.44. The van der Waals surface area contributed by atoms with E-state index < -0.39 is 6.17 Å². The van der Waals surface area contributed by atoms with Gasteiger partial charge in [0, 0.05) is 59.5 Å². The Labute approximate surface area is 168 Å². The standard InChI is InChI=1S/C22H24FN5O/c1-28-11-16(17(23)12-28)21-20(13-6-8-26-9-7-13)15(22(25)27-21)10-18(24)14-4-2-3-5-19(14)29/h2-10,16-17,27,29H,11-12,24-25H2,1H3/b18-10-. The number of halogens is 1. The highest BCUT2D eigenvalue weighted by molar-refractivity contribution is 5.92. The Bertz CT molecular complexity index is 1050. The van der Waals surface area contributed by atoms with Crippen molar-refractivity contribution in [3.05, 3.63) is 65.6 Å². The molecule has 6 nitrogen and oxygen atoms in total. The molecule has 0 saturated carbocycles. The van der Waals surface area contributed by atoms with Gasteiger partial charge in [-0.25, -0.2) is 4.39 Å². The summed E-state index contributed by atoms with van der Waals surface area (Å²) in [5.41, 5.74) is 16.6. The van der Waals surface area contributed by atoms with Crippen LogP contribution in [0.3, 0.4) is 0 Å². The zero-order chi connectivity index (χ0) is 20.5. The Morgan fingerprint density at radius 3 is 2.62 bits per heavy atom. The average molecular weight is 393 g/mol. The number of phenolic OH excluding ortho intramolecular Hbond substituents is 1. The highest BCUT2D eigenvalue weighted by Crippen LogP contribution is 2.41. The molecule has 1 fully saturated rings. The third kappa shape index (κ3) is 3.56. The molecule has 0 aliphatic carbocycles. The second kappa shape index (κ2) is 7.60. The zero-order valence-corrected chi connectivity index (χ0v) is 16.1. The fourth-order valence-electron chi connectivity index (χ4n) is 3.99. The van der Waals surface area contributed by atoms with Crippen LogP contribution in [-0.2, 0) is 0 Å². The lowest BCUT2D eigenvalue weighted by Crippen LogP contribution is -2.13. The summed E-state index contributed by atoms with van der Waals surface area (Å²) in [6.45, 7) is 0.974. The number of nitrogens with zero attached hydrogens (tertiary/aromatic N) is 2. The minimum absolute atomic E-state index is 0.0854. The zero-order valence-electron chi connectivity index (χ0n) is 16.1. The van der Waals surface area contributed by atoms with Crippen molar-refractivity contribution in [1.82, 2.24) is 14.9 Å². The lowest BCUT2D eigenvalue weighted by molar-refractivity contribution is 0.308.